The number of halogens is 3. The van der Waals surface area contributed by atoms with E-state index in [-0.39, 0.29) is 58.0 Å². The number of hydrogen-bond donors (Lipinski definition) is 0. The van der Waals surface area contributed by atoms with Crippen molar-refractivity contribution < 1.29 is 27.2 Å². The molecule has 5 nitrogen and oxygen atoms in total. The summed E-state index contributed by atoms with van der Waals surface area (Å²) in [4.78, 5) is 25.8. The van der Waals surface area contributed by atoms with Crippen molar-refractivity contribution in [1.82, 2.24) is 5.01 Å². The van der Waals surface area contributed by atoms with Crippen molar-refractivity contribution in [3.8, 4) is 11.3 Å². The van der Waals surface area contributed by atoms with Crippen molar-refractivity contribution in [3.63, 3.8) is 0 Å². The molecule has 0 radical (unpaired) electrons. The number of alkyl halides is 3. The fraction of sp³-hybridized carbons (Fsp3) is 0.348. The second-order valence-electron chi connectivity index (χ2n) is 8.73. The Balaban J connectivity index is 1.22. The Hall–Kier alpha value is -3.16. The summed E-state index contributed by atoms with van der Waals surface area (Å²) < 4.78 is 44.4. The normalized spacial score (nSPS) is 30.2. The Kier molecular flexibility index (Phi) is 3.57. The predicted molar refractivity (Wildman–Crippen MR) is 103 cm³/mol. The van der Waals surface area contributed by atoms with E-state index in [4.69, 9.17) is 4.42 Å². The summed E-state index contributed by atoms with van der Waals surface area (Å²) in [6.45, 7) is 0. The zero-order chi connectivity index (χ0) is 21.5. The maximum absolute atomic E-state index is 12.9. The molecule has 3 fully saturated rings. The van der Waals surface area contributed by atoms with Gasteiger partial charge in [-0.2, -0.15) is 23.3 Å². The molecule has 2 amide bonds. The SMILES string of the molecule is O=C1[C@@H]2[C@H](C(=O)N1/N=C\c1ccc(-c3cccc(C(F)(F)F)c3)o1)[C@H]1C=C[C@H]2C12CC2. The van der Waals surface area contributed by atoms with Crippen molar-refractivity contribution in [2.45, 2.75) is 19.0 Å². The van der Waals surface area contributed by atoms with E-state index in [1.165, 1.54) is 30.5 Å². The standard InChI is InChI=1S/C23H17F3N2O3/c24-23(25,26)13-3-1-2-12(10-13)17-7-4-14(31-17)11-27-28-20(29)18-15-5-6-16(19(18)21(28)30)22(15)8-9-22/h1-7,10-11,15-16,18-19H,8-9H2/b27-11-/t15-,16-,18-,19+/m1/s1. The number of nitrogens with zero attached hydrogens (tertiary/aromatic N) is 2. The molecule has 8 heteroatoms. The summed E-state index contributed by atoms with van der Waals surface area (Å²) in [6, 6.07) is 7.88. The van der Waals surface area contributed by atoms with E-state index in [0.29, 0.717) is 0 Å². The molecule has 2 bridgehead atoms. The molecule has 1 aromatic heterocycles. The summed E-state index contributed by atoms with van der Waals surface area (Å²) in [5.74, 6) is -0.506. The van der Waals surface area contributed by atoms with Gasteiger partial charge in [-0.15, -0.1) is 0 Å². The molecule has 2 heterocycles. The largest absolute Gasteiger partial charge is 0.455 e. The highest BCUT2D eigenvalue weighted by Gasteiger charge is 2.73. The third kappa shape index (κ3) is 2.53. The number of benzene rings is 1. The van der Waals surface area contributed by atoms with Crippen LogP contribution in [0.2, 0.25) is 0 Å². The van der Waals surface area contributed by atoms with Crippen LogP contribution in [0.3, 0.4) is 0 Å². The van der Waals surface area contributed by atoms with Crippen molar-refractivity contribution in [2.75, 3.05) is 0 Å². The summed E-state index contributed by atoms with van der Waals surface area (Å²) in [5.41, 5.74) is -0.375. The zero-order valence-electron chi connectivity index (χ0n) is 16.2. The van der Waals surface area contributed by atoms with E-state index in [1.807, 2.05) is 0 Å². The lowest BCUT2D eigenvalue weighted by Crippen LogP contribution is -2.30. The Morgan fingerprint density at radius 1 is 1.03 bits per heavy atom. The lowest BCUT2D eigenvalue weighted by molar-refractivity contribution is -0.141. The number of hydrazone groups is 1. The van der Waals surface area contributed by atoms with Crippen LogP contribution in [-0.2, 0) is 15.8 Å². The average molecular weight is 426 g/mol. The summed E-state index contributed by atoms with van der Waals surface area (Å²) >= 11 is 0. The lowest BCUT2D eigenvalue weighted by Gasteiger charge is -2.18. The highest BCUT2D eigenvalue weighted by molar-refractivity contribution is 6.07. The minimum absolute atomic E-state index is 0.121. The van der Waals surface area contributed by atoms with E-state index in [1.54, 1.807) is 0 Å². The van der Waals surface area contributed by atoms with E-state index in [9.17, 15) is 22.8 Å². The molecular formula is C23H17F3N2O3. The monoisotopic (exact) mass is 426 g/mol. The van der Waals surface area contributed by atoms with Crippen molar-refractivity contribution >= 4 is 18.0 Å². The number of carbonyl (C=O) groups is 2. The topological polar surface area (TPSA) is 62.9 Å². The van der Waals surface area contributed by atoms with Gasteiger partial charge in [0.25, 0.3) is 11.8 Å². The van der Waals surface area contributed by atoms with Gasteiger partial charge in [0.05, 0.1) is 23.6 Å². The summed E-state index contributed by atoms with van der Waals surface area (Å²) in [7, 11) is 0. The van der Waals surface area contributed by atoms with Gasteiger partial charge in [0.15, 0.2) is 0 Å². The predicted octanol–water partition coefficient (Wildman–Crippen LogP) is 4.50. The Morgan fingerprint density at radius 3 is 2.32 bits per heavy atom. The number of amides is 2. The van der Waals surface area contributed by atoms with Crippen LogP contribution in [0.25, 0.3) is 11.3 Å². The molecule has 2 saturated carbocycles. The van der Waals surface area contributed by atoms with E-state index in [0.717, 1.165) is 30.0 Å². The van der Waals surface area contributed by atoms with Gasteiger partial charge >= 0.3 is 6.18 Å². The molecule has 158 valence electrons. The van der Waals surface area contributed by atoms with Gasteiger partial charge in [0, 0.05) is 5.56 Å². The fourth-order valence-electron chi connectivity index (χ4n) is 5.72. The number of rotatable bonds is 3. The second-order valence-corrected chi connectivity index (χ2v) is 8.73. The van der Waals surface area contributed by atoms with Crippen LogP contribution in [0, 0.1) is 29.1 Å². The molecule has 3 aliphatic carbocycles. The number of allylic oxidation sites excluding steroid dienone is 2. The smallest absolute Gasteiger partial charge is 0.416 e. The Labute approximate surface area is 175 Å². The highest BCUT2D eigenvalue weighted by Crippen LogP contribution is 2.73. The number of furan rings is 1. The first kappa shape index (κ1) is 18.6. The minimum atomic E-state index is -4.45. The van der Waals surface area contributed by atoms with Crippen LogP contribution in [0.5, 0.6) is 0 Å². The maximum Gasteiger partial charge on any atom is 0.416 e. The fourth-order valence-corrected chi connectivity index (χ4v) is 5.72. The summed E-state index contributed by atoms with van der Waals surface area (Å²) in [5, 5.41) is 5.01. The summed E-state index contributed by atoms with van der Waals surface area (Å²) in [6.07, 6.45) is 3.12. The first-order valence-electron chi connectivity index (χ1n) is 10.2. The van der Waals surface area contributed by atoms with Gasteiger partial charge < -0.3 is 4.42 Å². The molecule has 1 aromatic carbocycles. The molecule has 2 aromatic rings. The first-order chi connectivity index (χ1) is 14.8. The van der Waals surface area contributed by atoms with Gasteiger partial charge in [-0.25, -0.2) is 0 Å². The Morgan fingerprint density at radius 2 is 1.71 bits per heavy atom. The van der Waals surface area contributed by atoms with Gasteiger partial charge in [-0.1, -0.05) is 24.3 Å². The molecule has 6 rings (SSSR count). The number of carbonyl (C=O) groups excluding carboxylic acids is 2. The Bertz CT molecular complexity index is 1140. The molecule has 1 spiro atoms. The zero-order valence-corrected chi connectivity index (χ0v) is 16.2. The van der Waals surface area contributed by atoms with Crippen LogP contribution >= 0.6 is 0 Å². The number of hydrogen-bond acceptors (Lipinski definition) is 4. The van der Waals surface area contributed by atoms with Crippen molar-refractivity contribution in [3.05, 3.63) is 59.9 Å². The van der Waals surface area contributed by atoms with Crippen LogP contribution in [0.4, 0.5) is 13.2 Å². The number of fused-ring (bicyclic) bond motifs is 3. The third-order valence-corrected chi connectivity index (χ3v) is 7.23. The first-order valence-corrected chi connectivity index (χ1v) is 10.2. The van der Waals surface area contributed by atoms with Gasteiger partial charge in [-0.05, 0) is 54.4 Å². The molecule has 4 atom stereocenters. The quantitative estimate of drug-likeness (QED) is 0.413. The highest BCUT2D eigenvalue weighted by atomic mass is 19.4. The number of imide groups is 1. The third-order valence-electron chi connectivity index (χ3n) is 7.23. The molecule has 31 heavy (non-hydrogen) atoms. The minimum Gasteiger partial charge on any atom is -0.455 e. The van der Waals surface area contributed by atoms with Crippen molar-refractivity contribution in [2.24, 2.45) is 34.2 Å². The van der Waals surface area contributed by atoms with Gasteiger partial charge in [0.1, 0.15) is 11.5 Å². The maximum atomic E-state index is 12.9. The van der Waals surface area contributed by atoms with E-state index < -0.39 is 11.7 Å². The van der Waals surface area contributed by atoms with Gasteiger partial charge in [0.2, 0.25) is 0 Å². The molecule has 0 N–H and O–H groups in total. The van der Waals surface area contributed by atoms with E-state index in [2.05, 4.69) is 17.3 Å². The van der Waals surface area contributed by atoms with E-state index >= 15 is 0 Å². The second kappa shape index (κ2) is 5.96. The molecule has 1 aliphatic heterocycles. The van der Waals surface area contributed by atoms with Crippen LogP contribution in [0.15, 0.2) is 58.1 Å². The van der Waals surface area contributed by atoms with Crippen LogP contribution in [0.1, 0.15) is 24.2 Å². The molecule has 0 unspecified atom stereocenters. The molecule has 1 saturated heterocycles. The molecule has 4 aliphatic rings. The molecular weight excluding hydrogens is 409 g/mol. The van der Waals surface area contributed by atoms with Gasteiger partial charge in [-0.3, -0.25) is 9.59 Å². The van der Waals surface area contributed by atoms with Crippen LogP contribution in [-0.4, -0.2) is 23.0 Å². The van der Waals surface area contributed by atoms with Crippen molar-refractivity contribution in [1.29, 1.82) is 0 Å². The van der Waals surface area contributed by atoms with Crippen LogP contribution < -0.4 is 0 Å². The lowest BCUT2D eigenvalue weighted by atomic mass is 9.85. The average Bonchev–Trinajstić information content (AvgIpc) is 3.02.